The Labute approximate surface area is 76.7 Å². The third-order valence-corrected chi connectivity index (χ3v) is 1.74. The average Bonchev–Trinajstić information content (AvgIpc) is 1.83. The lowest BCUT2D eigenvalue weighted by Gasteiger charge is -2.09. The molecule has 0 aromatic heterocycles. The second-order valence-electron chi connectivity index (χ2n) is 3.87. The smallest absolute Gasteiger partial charge is 0.0108 e. The first-order chi connectivity index (χ1) is 5.43. The van der Waals surface area contributed by atoms with Crippen LogP contribution in [0.4, 0.5) is 0 Å². The van der Waals surface area contributed by atoms with Crippen LogP contribution in [-0.2, 0) is 0 Å². The molecule has 0 fully saturated rings. The minimum Gasteiger partial charge on any atom is -0.0998 e. The van der Waals surface area contributed by atoms with E-state index in [0.717, 1.165) is 12.8 Å². The number of rotatable bonds is 4. The Kier molecular flexibility index (Phi) is 4.65. The molecule has 0 radical (unpaired) electrons. The molecule has 0 heterocycles. The highest BCUT2D eigenvalue weighted by atomic mass is 14.1. The fourth-order valence-electron chi connectivity index (χ4n) is 1.14. The van der Waals surface area contributed by atoms with Gasteiger partial charge in [-0.1, -0.05) is 35.5 Å². The number of allylic oxidation sites excluding steroid dienone is 4. The first-order valence-electron chi connectivity index (χ1n) is 4.37. The van der Waals surface area contributed by atoms with Crippen LogP contribution < -0.4 is 0 Å². The van der Waals surface area contributed by atoms with E-state index in [1.165, 1.54) is 22.3 Å². The summed E-state index contributed by atoms with van der Waals surface area (Å²) < 4.78 is 0. The van der Waals surface area contributed by atoms with Gasteiger partial charge in [-0.25, -0.2) is 0 Å². The molecule has 0 spiro atoms. The third-order valence-electron chi connectivity index (χ3n) is 1.74. The van der Waals surface area contributed by atoms with Gasteiger partial charge in [0.25, 0.3) is 0 Å². The summed E-state index contributed by atoms with van der Waals surface area (Å²) in [7, 11) is 0. The first kappa shape index (κ1) is 11.2. The standard InChI is InChI=1S/C12H20/c1-9(2)7-12(11(5)6)8-10(3)4/h1,3,7-8H2,2,4-6H3. The summed E-state index contributed by atoms with van der Waals surface area (Å²) in [5, 5.41) is 0. The van der Waals surface area contributed by atoms with Crippen molar-refractivity contribution in [2.75, 3.05) is 0 Å². The molecule has 0 atom stereocenters. The van der Waals surface area contributed by atoms with Crippen molar-refractivity contribution in [3.05, 3.63) is 35.5 Å². The molecule has 0 aliphatic heterocycles. The highest BCUT2D eigenvalue weighted by Crippen LogP contribution is 2.20. The van der Waals surface area contributed by atoms with Gasteiger partial charge < -0.3 is 0 Å². The lowest BCUT2D eigenvalue weighted by Crippen LogP contribution is -1.89. The van der Waals surface area contributed by atoms with Crippen LogP contribution in [-0.4, -0.2) is 0 Å². The highest BCUT2D eigenvalue weighted by Gasteiger charge is 2.00. The van der Waals surface area contributed by atoms with Crippen molar-refractivity contribution in [3.8, 4) is 0 Å². The second kappa shape index (κ2) is 4.97. The van der Waals surface area contributed by atoms with Gasteiger partial charge in [0.05, 0.1) is 0 Å². The van der Waals surface area contributed by atoms with E-state index in [0.29, 0.717) is 0 Å². The summed E-state index contributed by atoms with van der Waals surface area (Å²) in [5.74, 6) is 0. The molecule has 0 nitrogen and oxygen atoms in total. The SMILES string of the molecule is C=C(C)CC(CC(=C)C)=C(C)C. The van der Waals surface area contributed by atoms with Crippen LogP contribution >= 0.6 is 0 Å². The molecule has 0 aromatic rings. The maximum atomic E-state index is 3.92. The lowest BCUT2D eigenvalue weighted by molar-refractivity contribution is 0.975. The average molecular weight is 164 g/mol. The molecule has 0 saturated heterocycles. The Morgan fingerprint density at radius 1 is 0.833 bits per heavy atom. The van der Waals surface area contributed by atoms with E-state index < -0.39 is 0 Å². The Balaban J connectivity index is 4.37. The van der Waals surface area contributed by atoms with Gasteiger partial charge in [0, 0.05) is 0 Å². The van der Waals surface area contributed by atoms with Crippen LogP contribution in [0, 0.1) is 0 Å². The largest absolute Gasteiger partial charge is 0.0998 e. The van der Waals surface area contributed by atoms with E-state index in [1.54, 1.807) is 0 Å². The van der Waals surface area contributed by atoms with E-state index in [1.807, 2.05) is 0 Å². The van der Waals surface area contributed by atoms with Crippen LogP contribution in [0.2, 0.25) is 0 Å². The molecule has 68 valence electrons. The van der Waals surface area contributed by atoms with Crippen molar-refractivity contribution >= 4 is 0 Å². The number of hydrogen-bond acceptors (Lipinski definition) is 0. The van der Waals surface area contributed by atoms with E-state index in [4.69, 9.17) is 0 Å². The van der Waals surface area contributed by atoms with Gasteiger partial charge in [-0.3, -0.25) is 0 Å². The Morgan fingerprint density at radius 2 is 1.17 bits per heavy atom. The van der Waals surface area contributed by atoms with E-state index in [2.05, 4.69) is 40.9 Å². The van der Waals surface area contributed by atoms with E-state index in [9.17, 15) is 0 Å². The van der Waals surface area contributed by atoms with Crippen molar-refractivity contribution in [2.24, 2.45) is 0 Å². The van der Waals surface area contributed by atoms with Gasteiger partial charge in [0.15, 0.2) is 0 Å². The molecule has 0 amide bonds. The lowest BCUT2D eigenvalue weighted by atomic mass is 9.97. The normalized spacial score (nSPS) is 9.33. The zero-order valence-corrected chi connectivity index (χ0v) is 8.83. The van der Waals surface area contributed by atoms with Crippen LogP contribution in [0.3, 0.4) is 0 Å². The highest BCUT2D eigenvalue weighted by molar-refractivity contribution is 5.21. The molecule has 0 aromatic carbocycles. The van der Waals surface area contributed by atoms with Crippen molar-refractivity contribution in [1.82, 2.24) is 0 Å². The van der Waals surface area contributed by atoms with Gasteiger partial charge >= 0.3 is 0 Å². The van der Waals surface area contributed by atoms with Crippen LogP contribution in [0.15, 0.2) is 35.5 Å². The van der Waals surface area contributed by atoms with Gasteiger partial charge in [-0.05, 0) is 40.5 Å². The van der Waals surface area contributed by atoms with Crippen LogP contribution in [0.25, 0.3) is 0 Å². The summed E-state index contributed by atoms with van der Waals surface area (Å²) in [6, 6.07) is 0. The predicted octanol–water partition coefficient (Wildman–Crippen LogP) is 4.26. The molecule has 0 unspecified atom stereocenters. The molecule has 0 saturated carbocycles. The molecular weight excluding hydrogens is 144 g/mol. The second-order valence-corrected chi connectivity index (χ2v) is 3.87. The van der Waals surface area contributed by atoms with Crippen molar-refractivity contribution < 1.29 is 0 Å². The Bertz CT molecular complexity index is 194. The van der Waals surface area contributed by atoms with Crippen molar-refractivity contribution in [2.45, 2.75) is 40.5 Å². The molecule has 0 aliphatic carbocycles. The monoisotopic (exact) mass is 164 g/mol. The van der Waals surface area contributed by atoms with Gasteiger partial charge in [0.1, 0.15) is 0 Å². The molecule has 0 N–H and O–H groups in total. The summed E-state index contributed by atoms with van der Waals surface area (Å²) in [4.78, 5) is 0. The maximum Gasteiger partial charge on any atom is -0.0108 e. The third kappa shape index (κ3) is 4.95. The number of hydrogen-bond donors (Lipinski definition) is 0. The molecule has 0 bridgehead atoms. The van der Waals surface area contributed by atoms with Crippen molar-refractivity contribution in [3.63, 3.8) is 0 Å². The minimum atomic E-state index is 1.02. The molecular formula is C12H20. The molecule has 0 rings (SSSR count). The van der Waals surface area contributed by atoms with Gasteiger partial charge in [-0.2, -0.15) is 0 Å². The maximum absolute atomic E-state index is 3.92. The van der Waals surface area contributed by atoms with Crippen LogP contribution in [0.1, 0.15) is 40.5 Å². The Morgan fingerprint density at radius 3 is 1.33 bits per heavy atom. The van der Waals surface area contributed by atoms with Gasteiger partial charge in [0.2, 0.25) is 0 Å². The fourth-order valence-corrected chi connectivity index (χ4v) is 1.14. The van der Waals surface area contributed by atoms with Crippen molar-refractivity contribution in [1.29, 1.82) is 0 Å². The molecule has 0 aliphatic rings. The Hall–Kier alpha value is -0.780. The minimum absolute atomic E-state index is 1.02. The zero-order valence-electron chi connectivity index (χ0n) is 8.83. The fraction of sp³-hybridized carbons (Fsp3) is 0.500. The van der Waals surface area contributed by atoms with E-state index >= 15 is 0 Å². The van der Waals surface area contributed by atoms with Crippen LogP contribution in [0.5, 0.6) is 0 Å². The molecule has 0 heteroatoms. The van der Waals surface area contributed by atoms with E-state index in [-0.39, 0.29) is 0 Å². The summed E-state index contributed by atoms with van der Waals surface area (Å²) >= 11 is 0. The zero-order chi connectivity index (χ0) is 9.72. The quantitative estimate of drug-likeness (QED) is 0.545. The summed E-state index contributed by atoms with van der Waals surface area (Å²) in [5.41, 5.74) is 5.33. The summed E-state index contributed by atoms with van der Waals surface area (Å²) in [6.07, 6.45) is 2.05. The molecule has 12 heavy (non-hydrogen) atoms. The first-order valence-corrected chi connectivity index (χ1v) is 4.37. The topological polar surface area (TPSA) is 0 Å². The van der Waals surface area contributed by atoms with Gasteiger partial charge in [-0.15, -0.1) is 0 Å². The predicted molar refractivity (Wildman–Crippen MR) is 57.2 cm³/mol. The summed E-state index contributed by atoms with van der Waals surface area (Å²) in [6.45, 7) is 16.3.